The van der Waals surface area contributed by atoms with E-state index in [-0.39, 0.29) is 5.91 Å². The molecule has 2 atom stereocenters. The third-order valence-electron chi connectivity index (χ3n) is 4.41. The minimum atomic E-state index is 0.106. The SMILES string of the molecule is C[C@@H]1CCCC[C@@H]1NC(=O)CN(C)CCOc1cccc(Cl)c1. The lowest BCUT2D eigenvalue weighted by Gasteiger charge is -2.30. The molecule has 5 heteroatoms. The number of hydrogen-bond donors (Lipinski definition) is 1. The Morgan fingerprint density at radius 2 is 2.17 bits per heavy atom. The van der Waals surface area contributed by atoms with Gasteiger partial charge in [-0.25, -0.2) is 0 Å². The van der Waals surface area contributed by atoms with Gasteiger partial charge in [0.25, 0.3) is 0 Å². The summed E-state index contributed by atoms with van der Waals surface area (Å²) in [6, 6.07) is 7.69. The van der Waals surface area contributed by atoms with Crippen LogP contribution in [0.5, 0.6) is 5.75 Å². The summed E-state index contributed by atoms with van der Waals surface area (Å²) in [6.45, 7) is 3.86. The number of likely N-dealkylation sites (N-methyl/N-ethyl adjacent to an activating group) is 1. The number of benzene rings is 1. The molecule has 0 spiro atoms. The molecule has 4 nitrogen and oxygen atoms in total. The van der Waals surface area contributed by atoms with Gasteiger partial charge in [-0.1, -0.05) is 37.4 Å². The zero-order valence-corrected chi connectivity index (χ0v) is 14.8. The second-order valence-corrected chi connectivity index (χ2v) is 6.92. The summed E-state index contributed by atoms with van der Waals surface area (Å²) in [4.78, 5) is 14.1. The third-order valence-corrected chi connectivity index (χ3v) is 4.64. The van der Waals surface area contributed by atoms with Crippen LogP contribution in [0.15, 0.2) is 24.3 Å². The standard InChI is InChI=1S/C18H27ClN2O2/c1-14-6-3-4-9-17(14)20-18(22)13-21(2)10-11-23-16-8-5-7-15(19)12-16/h5,7-8,12,14,17H,3-4,6,9-11,13H2,1-2H3,(H,20,22)/t14-,17+/m1/s1. The predicted octanol–water partition coefficient (Wildman–Crippen LogP) is 3.35. The van der Waals surface area contributed by atoms with E-state index in [0.29, 0.717) is 36.7 Å². The minimum Gasteiger partial charge on any atom is -0.492 e. The molecule has 1 amide bonds. The Labute approximate surface area is 144 Å². The highest BCUT2D eigenvalue weighted by molar-refractivity contribution is 6.30. The summed E-state index contributed by atoms with van der Waals surface area (Å²) in [5, 5.41) is 3.84. The maximum atomic E-state index is 12.1. The molecule has 1 fully saturated rings. The summed E-state index contributed by atoms with van der Waals surface area (Å²) in [7, 11) is 1.94. The smallest absolute Gasteiger partial charge is 0.234 e. The molecule has 23 heavy (non-hydrogen) atoms. The molecule has 1 aromatic carbocycles. The van der Waals surface area contributed by atoms with E-state index in [1.54, 1.807) is 6.07 Å². The Bertz CT molecular complexity index is 510. The number of amides is 1. The number of rotatable bonds is 7. The van der Waals surface area contributed by atoms with Gasteiger partial charge in [0.15, 0.2) is 0 Å². The molecular formula is C18H27ClN2O2. The van der Waals surface area contributed by atoms with Crippen molar-refractivity contribution in [1.29, 1.82) is 0 Å². The van der Waals surface area contributed by atoms with Gasteiger partial charge in [0.05, 0.1) is 6.54 Å². The molecule has 0 saturated heterocycles. The fraction of sp³-hybridized carbons (Fsp3) is 0.611. The second kappa shape index (κ2) is 9.14. The first-order valence-corrected chi connectivity index (χ1v) is 8.78. The molecule has 0 radical (unpaired) electrons. The highest BCUT2D eigenvalue weighted by Gasteiger charge is 2.22. The fourth-order valence-electron chi connectivity index (χ4n) is 2.98. The van der Waals surface area contributed by atoms with Gasteiger partial charge in [-0.2, -0.15) is 0 Å². The first-order chi connectivity index (χ1) is 11.0. The van der Waals surface area contributed by atoms with Crippen LogP contribution in [0.2, 0.25) is 5.02 Å². The van der Waals surface area contributed by atoms with Crippen molar-refractivity contribution in [3.05, 3.63) is 29.3 Å². The van der Waals surface area contributed by atoms with Crippen LogP contribution in [0.3, 0.4) is 0 Å². The lowest BCUT2D eigenvalue weighted by Crippen LogP contribution is -2.45. The molecule has 0 bridgehead atoms. The van der Waals surface area contributed by atoms with Gasteiger partial charge in [0.1, 0.15) is 12.4 Å². The molecule has 2 rings (SSSR count). The summed E-state index contributed by atoms with van der Waals surface area (Å²) in [6.07, 6.45) is 4.83. The molecule has 0 unspecified atom stereocenters. The Hall–Kier alpha value is -1.26. The first-order valence-electron chi connectivity index (χ1n) is 8.41. The van der Waals surface area contributed by atoms with Crippen molar-refractivity contribution in [2.24, 2.45) is 5.92 Å². The summed E-state index contributed by atoms with van der Waals surface area (Å²) in [5.74, 6) is 1.45. The van der Waals surface area contributed by atoms with Gasteiger partial charge in [0.2, 0.25) is 5.91 Å². The van der Waals surface area contributed by atoms with Crippen molar-refractivity contribution in [2.45, 2.75) is 38.6 Å². The Kier molecular flexibility index (Phi) is 7.18. The van der Waals surface area contributed by atoms with E-state index in [0.717, 1.165) is 12.2 Å². The quantitative estimate of drug-likeness (QED) is 0.829. The van der Waals surface area contributed by atoms with Crippen molar-refractivity contribution in [2.75, 3.05) is 26.7 Å². The average Bonchev–Trinajstić information content (AvgIpc) is 2.49. The van der Waals surface area contributed by atoms with Crippen LogP contribution in [0.1, 0.15) is 32.6 Å². The van der Waals surface area contributed by atoms with Crippen molar-refractivity contribution in [1.82, 2.24) is 10.2 Å². The van der Waals surface area contributed by atoms with E-state index >= 15 is 0 Å². The van der Waals surface area contributed by atoms with Crippen LogP contribution in [0.25, 0.3) is 0 Å². The van der Waals surface area contributed by atoms with Gasteiger partial charge in [-0.3, -0.25) is 9.69 Å². The van der Waals surface area contributed by atoms with Crippen molar-refractivity contribution < 1.29 is 9.53 Å². The predicted molar refractivity (Wildman–Crippen MR) is 94.0 cm³/mol. The summed E-state index contributed by atoms with van der Waals surface area (Å²) >= 11 is 5.92. The normalized spacial score (nSPS) is 21.2. The van der Waals surface area contributed by atoms with Crippen molar-refractivity contribution in [3.63, 3.8) is 0 Å². The van der Waals surface area contributed by atoms with Crippen LogP contribution >= 0.6 is 11.6 Å². The second-order valence-electron chi connectivity index (χ2n) is 6.48. The van der Waals surface area contributed by atoms with Gasteiger partial charge >= 0.3 is 0 Å². The maximum absolute atomic E-state index is 12.1. The van der Waals surface area contributed by atoms with Gasteiger partial charge in [-0.05, 0) is 44.0 Å². The largest absolute Gasteiger partial charge is 0.492 e. The van der Waals surface area contributed by atoms with E-state index in [1.807, 2.05) is 30.1 Å². The maximum Gasteiger partial charge on any atom is 0.234 e. The molecule has 0 aliphatic heterocycles. The van der Waals surface area contributed by atoms with Crippen LogP contribution in [-0.2, 0) is 4.79 Å². The number of nitrogens with zero attached hydrogens (tertiary/aromatic N) is 1. The Morgan fingerprint density at radius 1 is 1.39 bits per heavy atom. The highest BCUT2D eigenvalue weighted by atomic mass is 35.5. The van der Waals surface area contributed by atoms with E-state index < -0.39 is 0 Å². The fourth-order valence-corrected chi connectivity index (χ4v) is 3.16. The Balaban J connectivity index is 1.65. The van der Waals surface area contributed by atoms with Crippen LogP contribution in [0.4, 0.5) is 0 Å². The molecule has 1 saturated carbocycles. The Morgan fingerprint density at radius 3 is 2.91 bits per heavy atom. The lowest BCUT2D eigenvalue weighted by atomic mass is 9.86. The van der Waals surface area contributed by atoms with Gasteiger partial charge in [-0.15, -0.1) is 0 Å². The molecule has 1 aliphatic carbocycles. The first kappa shape index (κ1) is 18.1. The van der Waals surface area contributed by atoms with Gasteiger partial charge in [0, 0.05) is 17.6 Å². The third kappa shape index (κ3) is 6.40. The topological polar surface area (TPSA) is 41.6 Å². The van der Waals surface area contributed by atoms with E-state index in [4.69, 9.17) is 16.3 Å². The zero-order valence-electron chi connectivity index (χ0n) is 14.1. The molecular weight excluding hydrogens is 312 g/mol. The van der Waals surface area contributed by atoms with Crippen molar-refractivity contribution in [3.8, 4) is 5.75 Å². The molecule has 0 heterocycles. The van der Waals surface area contributed by atoms with Crippen LogP contribution in [-0.4, -0.2) is 43.6 Å². The van der Waals surface area contributed by atoms with E-state index in [1.165, 1.54) is 19.3 Å². The molecule has 128 valence electrons. The number of ether oxygens (including phenoxy) is 1. The monoisotopic (exact) mass is 338 g/mol. The summed E-state index contributed by atoms with van der Waals surface area (Å²) < 4.78 is 5.65. The number of halogens is 1. The minimum absolute atomic E-state index is 0.106. The molecule has 1 aliphatic rings. The summed E-state index contributed by atoms with van der Waals surface area (Å²) in [5.41, 5.74) is 0. The van der Waals surface area contributed by atoms with Gasteiger partial charge < -0.3 is 10.1 Å². The van der Waals surface area contributed by atoms with E-state index in [2.05, 4.69) is 12.2 Å². The number of carbonyl (C=O) groups is 1. The highest BCUT2D eigenvalue weighted by Crippen LogP contribution is 2.23. The molecule has 1 aromatic rings. The van der Waals surface area contributed by atoms with Crippen LogP contribution in [0, 0.1) is 5.92 Å². The number of carbonyl (C=O) groups excluding carboxylic acids is 1. The number of nitrogens with one attached hydrogen (secondary N) is 1. The van der Waals surface area contributed by atoms with E-state index in [9.17, 15) is 4.79 Å². The number of hydrogen-bond acceptors (Lipinski definition) is 3. The average molecular weight is 339 g/mol. The molecule has 0 aromatic heterocycles. The van der Waals surface area contributed by atoms with Crippen LogP contribution < -0.4 is 10.1 Å². The zero-order chi connectivity index (χ0) is 16.7. The molecule has 1 N–H and O–H groups in total. The van der Waals surface area contributed by atoms with Crippen molar-refractivity contribution >= 4 is 17.5 Å². The lowest BCUT2D eigenvalue weighted by molar-refractivity contribution is -0.123.